The van der Waals surface area contributed by atoms with E-state index in [4.69, 9.17) is 4.74 Å². The molecule has 0 saturated heterocycles. The van der Waals surface area contributed by atoms with Crippen LogP contribution in [0.15, 0.2) is 24.3 Å². The number of nitrogens with one attached hydrogen (secondary N) is 1. The molecule has 94 valence electrons. The monoisotopic (exact) mass is 233 g/mol. The highest BCUT2D eigenvalue weighted by Crippen LogP contribution is 2.36. The molecule has 2 atom stereocenters. The highest BCUT2D eigenvalue weighted by Gasteiger charge is 2.22. The number of methoxy groups -OCH3 is 1. The number of para-hydroxylation sites is 1. The molecule has 2 unspecified atom stereocenters. The maximum Gasteiger partial charge on any atom is 0.122 e. The first kappa shape index (κ1) is 12.4. The Morgan fingerprint density at radius 1 is 1.18 bits per heavy atom. The second kappa shape index (κ2) is 6.06. The van der Waals surface area contributed by atoms with E-state index >= 15 is 0 Å². The number of rotatable bonds is 3. The van der Waals surface area contributed by atoms with E-state index in [-0.39, 0.29) is 0 Å². The van der Waals surface area contributed by atoms with Crippen LogP contribution in [0.1, 0.15) is 43.6 Å². The van der Waals surface area contributed by atoms with Crippen LogP contribution in [0.3, 0.4) is 0 Å². The molecule has 1 saturated carbocycles. The highest BCUT2D eigenvalue weighted by molar-refractivity contribution is 5.36. The van der Waals surface area contributed by atoms with E-state index in [0.29, 0.717) is 12.0 Å². The second-order valence-corrected chi connectivity index (χ2v) is 4.94. The van der Waals surface area contributed by atoms with Crippen LogP contribution in [-0.2, 0) is 0 Å². The Morgan fingerprint density at radius 3 is 2.71 bits per heavy atom. The summed E-state index contributed by atoms with van der Waals surface area (Å²) in [5, 5.41) is 3.44. The molecule has 0 aromatic heterocycles. The molecule has 2 nitrogen and oxygen atoms in total. The van der Waals surface area contributed by atoms with Crippen LogP contribution in [0.25, 0.3) is 0 Å². The minimum Gasteiger partial charge on any atom is -0.496 e. The third kappa shape index (κ3) is 3.01. The van der Waals surface area contributed by atoms with Gasteiger partial charge in [0.05, 0.1) is 7.11 Å². The average molecular weight is 233 g/mol. The van der Waals surface area contributed by atoms with Crippen molar-refractivity contribution in [3.8, 4) is 5.75 Å². The van der Waals surface area contributed by atoms with E-state index in [1.807, 2.05) is 0 Å². The third-order valence-electron chi connectivity index (χ3n) is 3.91. The molecule has 1 N–H and O–H groups in total. The van der Waals surface area contributed by atoms with Gasteiger partial charge in [-0.1, -0.05) is 31.0 Å². The summed E-state index contributed by atoms with van der Waals surface area (Å²) in [6.07, 6.45) is 6.51. The van der Waals surface area contributed by atoms with Crippen LogP contribution in [-0.4, -0.2) is 20.2 Å². The Hall–Kier alpha value is -1.02. The molecule has 1 aliphatic carbocycles. The van der Waals surface area contributed by atoms with Gasteiger partial charge in [-0.05, 0) is 43.9 Å². The van der Waals surface area contributed by atoms with Crippen molar-refractivity contribution in [2.45, 2.75) is 44.1 Å². The van der Waals surface area contributed by atoms with E-state index in [1.54, 1.807) is 7.11 Å². The summed E-state index contributed by atoms with van der Waals surface area (Å²) >= 11 is 0. The first-order valence-corrected chi connectivity index (χ1v) is 6.65. The van der Waals surface area contributed by atoms with Crippen molar-refractivity contribution in [3.63, 3.8) is 0 Å². The van der Waals surface area contributed by atoms with Gasteiger partial charge in [0, 0.05) is 6.04 Å². The number of ether oxygens (including phenoxy) is 1. The quantitative estimate of drug-likeness (QED) is 0.809. The fraction of sp³-hybridized carbons (Fsp3) is 0.600. The van der Waals surface area contributed by atoms with E-state index < -0.39 is 0 Å². The van der Waals surface area contributed by atoms with Crippen LogP contribution in [0.2, 0.25) is 0 Å². The summed E-state index contributed by atoms with van der Waals surface area (Å²) < 4.78 is 5.49. The molecule has 2 heteroatoms. The maximum absolute atomic E-state index is 5.49. The van der Waals surface area contributed by atoms with Crippen LogP contribution in [0.5, 0.6) is 5.75 Å². The zero-order valence-electron chi connectivity index (χ0n) is 10.9. The normalized spacial score (nSPS) is 25.3. The predicted molar refractivity (Wildman–Crippen MR) is 71.7 cm³/mol. The minimum absolute atomic E-state index is 0.645. The molecule has 0 spiro atoms. The largest absolute Gasteiger partial charge is 0.496 e. The minimum atomic E-state index is 0.645. The van der Waals surface area contributed by atoms with Crippen molar-refractivity contribution < 1.29 is 4.74 Å². The summed E-state index contributed by atoms with van der Waals surface area (Å²) in [4.78, 5) is 0. The SMILES string of the molecule is CNC1CCCCC(c2ccccc2OC)C1. The van der Waals surface area contributed by atoms with Gasteiger partial charge in [-0.15, -0.1) is 0 Å². The summed E-state index contributed by atoms with van der Waals surface area (Å²) in [6.45, 7) is 0. The van der Waals surface area contributed by atoms with Gasteiger partial charge in [-0.25, -0.2) is 0 Å². The van der Waals surface area contributed by atoms with Gasteiger partial charge in [0.15, 0.2) is 0 Å². The Kier molecular flexibility index (Phi) is 4.43. The van der Waals surface area contributed by atoms with E-state index in [2.05, 4.69) is 36.6 Å². The van der Waals surface area contributed by atoms with Crippen molar-refractivity contribution >= 4 is 0 Å². The van der Waals surface area contributed by atoms with Crippen molar-refractivity contribution in [1.82, 2.24) is 5.32 Å². The smallest absolute Gasteiger partial charge is 0.122 e. The standard InChI is InChI=1S/C15H23NO/c1-16-13-8-4-3-7-12(11-13)14-9-5-6-10-15(14)17-2/h5-6,9-10,12-13,16H,3-4,7-8,11H2,1-2H3. The van der Waals surface area contributed by atoms with Gasteiger partial charge in [-0.3, -0.25) is 0 Å². The van der Waals surface area contributed by atoms with Gasteiger partial charge in [0.1, 0.15) is 5.75 Å². The summed E-state index contributed by atoms with van der Waals surface area (Å²) in [7, 11) is 3.85. The first-order chi connectivity index (χ1) is 8.35. The van der Waals surface area contributed by atoms with Crippen LogP contribution in [0, 0.1) is 0 Å². The zero-order chi connectivity index (χ0) is 12.1. The number of hydrogen-bond donors (Lipinski definition) is 1. The van der Waals surface area contributed by atoms with Crippen molar-refractivity contribution in [1.29, 1.82) is 0 Å². The van der Waals surface area contributed by atoms with Crippen LogP contribution >= 0.6 is 0 Å². The molecule has 1 fully saturated rings. The van der Waals surface area contributed by atoms with Crippen LogP contribution < -0.4 is 10.1 Å². The summed E-state index contributed by atoms with van der Waals surface area (Å²) in [6, 6.07) is 9.13. The maximum atomic E-state index is 5.49. The molecule has 0 amide bonds. The molecule has 2 rings (SSSR count). The molecule has 0 bridgehead atoms. The fourth-order valence-electron chi connectivity index (χ4n) is 2.91. The lowest BCUT2D eigenvalue weighted by Crippen LogP contribution is -2.25. The molecule has 0 radical (unpaired) electrons. The highest BCUT2D eigenvalue weighted by atomic mass is 16.5. The number of hydrogen-bond acceptors (Lipinski definition) is 2. The van der Waals surface area contributed by atoms with Gasteiger partial charge in [0.25, 0.3) is 0 Å². The zero-order valence-corrected chi connectivity index (χ0v) is 10.9. The van der Waals surface area contributed by atoms with Gasteiger partial charge in [0.2, 0.25) is 0 Å². The second-order valence-electron chi connectivity index (χ2n) is 4.94. The summed E-state index contributed by atoms with van der Waals surface area (Å²) in [5.41, 5.74) is 1.39. The molecule has 1 aromatic carbocycles. The Morgan fingerprint density at radius 2 is 1.94 bits per heavy atom. The summed E-state index contributed by atoms with van der Waals surface area (Å²) in [5.74, 6) is 1.69. The van der Waals surface area contributed by atoms with Crippen molar-refractivity contribution in [2.75, 3.05) is 14.2 Å². The van der Waals surface area contributed by atoms with E-state index in [9.17, 15) is 0 Å². The lowest BCUT2D eigenvalue weighted by Gasteiger charge is -2.21. The van der Waals surface area contributed by atoms with Gasteiger partial charge < -0.3 is 10.1 Å². The van der Waals surface area contributed by atoms with E-state index in [1.165, 1.54) is 37.7 Å². The molecule has 1 aromatic rings. The Balaban J connectivity index is 2.18. The third-order valence-corrected chi connectivity index (χ3v) is 3.91. The average Bonchev–Trinajstić information content (AvgIpc) is 2.64. The fourth-order valence-corrected chi connectivity index (χ4v) is 2.91. The lowest BCUT2D eigenvalue weighted by molar-refractivity contribution is 0.397. The molecule has 17 heavy (non-hydrogen) atoms. The topological polar surface area (TPSA) is 21.3 Å². The van der Waals surface area contributed by atoms with Gasteiger partial charge >= 0.3 is 0 Å². The lowest BCUT2D eigenvalue weighted by atomic mass is 9.89. The van der Waals surface area contributed by atoms with Crippen LogP contribution in [0.4, 0.5) is 0 Å². The first-order valence-electron chi connectivity index (χ1n) is 6.65. The molecule has 1 aliphatic rings. The van der Waals surface area contributed by atoms with Crippen molar-refractivity contribution in [3.05, 3.63) is 29.8 Å². The Labute approximate surface area is 104 Å². The van der Waals surface area contributed by atoms with E-state index in [0.717, 1.165) is 5.75 Å². The van der Waals surface area contributed by atoms with Crippen molar-refractivity contribution in [2.24, 2.45) is 0 Å². The predicted octanol–water partition coefficient (Wildman–Crippen LogP) is 3.33. The molecular weight excluding hydrogens is 210 g/mol. The number of benzene rings is 1. The molecule has 0 aliphatic heterocycles. The molecule has 0 heterocycles. The molecular formula is C15H23NO. The van der Waals surface area contributed by atoms with Gasteiger partial charge in [-0.2, -0.15) is 0 Å². The Bertz CT molecular complexity index is 351.